The third-order valence-electron chi connectivity index (χ3n) is 5.69. The molecule has 0 aliphatic rings. The Morgan fingerprint density at radius 2 is 0.704 bits per heavy atom. The fraction of sp³-hybridized carbons (Fsp3) is 0.920. The standard InChI is InChI=1S/C25H52N2/c1-2-3-4-5-6-7-8-9-10-11-12-13-14-15-16-17-18-19-20-21-22-23-24-25(26)27/h24H,2-23,26-27H2,1H3. The SMILES string of the molecule is CCCCCCCCCCCCCCCCCCCCCCCC=C(N)N. The zero-order chi connectivity index (χ0) is 19.8. The molecule has 0 fully saturated rings. The van der Waals surface area contributed by atoms with Gasteiger partial charge in [-0.3, -0.25) is 0 Å². The molecule has 162 valence electrons. The normalized spacial score (nSPS) is 11.0. The average molecular weight is 381 g/mol. The molecule has 0 atom stereocenters. The van der Waals surface area contributed by atoms with Gasteiger partial charge in [0.2, 0.25) is 0 Å². The molecule has 0 bridgehead atoms. The Kier molecular flexibility index (Phi) is 22.8. The van der Waals surface area contributed by atoms with Crippen LogP contribution >= 0.6 is 0 Å². The maximum atomic E-state index is 5.42. The van der Waals surface area contributed by atoms with Gasteiger partial charge in [-0.25, -0.2) is 0 Å². The van der Waals surface area contributed by atoms with Gasteiger partial charge in [-0.2, -0.15) is 0 Å². The van der Waals surface area contributed by atoms with Crippen molar-refractivity contribution < 1.29 is 0 Å². The summed E-state index contributed by atoms with van der Waals surface area (Å²) in [5.41, 5.74) is 10.8. The molecule has 0 heterocycles. The first-order valence-electron chi connectivity index (χ1n) is 12.5. The zero-order valence-corrected chi connectivity index (χ0v) is 18.8. The molecule has 4 N–H and O–H groups in total. The molecule has 27 heavy (non-hydrogen) atoms. The number of hydrogen-bond acceptors (Lipinski definition) is 2. The minimum atomic E-state index is 0.475. The van der Waals surface area contributed by atoms with E-state index in [1.165, 1.54) is 135 Å². The van der Waals surface area contributed by atoms with Gasteiger partial charge in [-0.15, -0.1) is 0 Å². The Labute approximate surface area is 171 Å². The first-order valence-corrected chi connectivity index (χ1v) is 12.5. The molecule has 0 unspecified atom stereocenters. The Hall–Kier alpha value is -0.660. The van der Waals surface area contributed by atoms with Crippen molar-refractivity contribution in [3.8, 4) is 0 Å². The lowest BCUT2D eigenvalue weighted by Gasteiger charge is -2.04. The first kappa shape index (κ1) is 26.3. The van der Waals surface area contributed by atoms with Gasteiger partial charge in [0.1, 0.15) is 0 Å². The van der Waals surface area contributed by atoms with Gasteiger partial charge in [0.15, 0.2) is 0 Å². The molecule has 0 saturated heterocycles. The summed E-state index contributed by atoms with van der Waals surface area (Å²) in [6.45, 7) is 2.30. The average Bonchev–Trinajstić information content (AvgIpc) is 2.65. The molecule has 0 saturated carbocycles. The fourth-order valence-electron chi connectivity index (χ4n) is 3.85. The second-order valence-corrected chi connectivity index (χ2v) is 8.56. The summed E-state index contributed by atoms with van der Waals surface area (Å²) < 4.78 is 0. The monoisotopic (exact) mass is 380 g/mol. The number of hydrogen-bond donors (Lipinski definition) is 2. The van der Waals surface area contributed by atoms with E-state index in [1.807, 2.05) is 6.08 Å². The smallest absolute Gasteiger partial charge is 0.0892 e. The summed E-state index contributed by atoms with van der Waals surface area (Å²) in [6, 6.07) is 0. The van der Waals surface area contributed by atoms with E-state index in [9.17, 15) is 0 Å². The third kappa shape index (κ3) is 25.3. The van der Waals surface area contributed by atoms with Crippen LogP contribution in [0.25, 0.3) is 0 Å². The van der Waals surface area contributed by atoms with Crippen LogP contribution in [0.3, 0.4) is 0 Å². The lowest BCUT2D eigenvalue weighted by atomic mass is 10.0. The Balaban J connectivity index is 3.00. The highest BCUT2D eigenvalue weighted by atomic mass is 14.8. The van der Waals surface area contributed by atoms with Gasteiger partial charge >= 0.3 is 0 Å². The molecule has 2 heteroatoms. The summed E-state index contributed by atoms with van der Waals surface area (Å²) >= 11 is 0. The first-order chi connectivity index (χ1) is 13.3. The van der Waals surface area contributed by atoms with Crippen molar-refractivity contribution in [2.75, 3.05) is 0 Å². The number of nitrogens with two attached hydrogens (primary N) is 2. The Morgan fingerprint density at radius 1 is 0.444 bits per heavy atom. The second kappa shape index (κ2) is 23.4. The highest BCUT2D eigenvalue weighted by molar-refractivity contribution is 4.89. The van der Waals surface area contributed by atoms with Crippen LogP contribution in [0.5, 0.6) is 0 Å². The third-order valence-corrected chi connectivity index (χ3v) is 5.69. The minimum absolute atomic E-state index is 0.475. The van der Waals surface area contributed by atoms with Crippen molar-refractivity contribution in [3.63, 3.8) is 0 Å². The predicted molar refractivity (Wildman–Crippen MR) is 124 cm³/mol. The van der Waals surface area contributed by atoms with Crippen molar-refractivity contribution >= 4 is 0 Å². The summed E-state index contributed by atoms with van der Waals surface area (Å²) in [4.78, 5) is 0. The van der Waals surface area contributed by atoms with E-state index in [2.05, 4.69) is 6.92 Å². The molecule has 2 nitrogen and oxygen atoms in total. The van der Waals surface area contributed by atoms with Crippen molar-refractivity contribution in [2.24, 2.45) is 11.5 Å². The van der Waals surface area contributed by atoms with Crippen LogP contribution in [0.4, 0.5) is 0 Å². The number of unbranched alkanes of at least 4 members (excludes halogenated alkanes) is 21. The lowest BCUT2D eigenvalue weighted by Crippen LogP contribution is -2.07. The zero-order valence-electron chi connectivity index (χ0n) is 18.8. The van der Waals surface area contributed by atoms with E-state index in [4.69, 9.17) is 11.5 Å². The maximum Gasteiger partial charge on any atom is 0.0892 e. The Bertz CT molecular complexity index is 295. The maximum absolute atomic E-state index is 5.42. The van der Waals surface area contributed by atoms with E-state index in [0.29, 0.717) is 5.82 Å². The van der Waals surface area contributed by atoms with Gasteiger partial charge in [0.05, 0.1) is 5.82 Å². The van der Waals surface area contributed by atoms with Crippen LogP contribution in [0.15, 0.2) is 11.9 Å². The van der Waals surface area contributed by atoms with Crippen molar-refractivity contribution in [1.29, 1.82) is 0 Å². The van der Waals surface area contributed by atoms with Crippen LogP contribution in [-0.2, 0) is 0 Å². The highest BCUT2D eigenvalue weighted by Crippen LogP contribution is 2.15. The second-order valence-electron chi connectivity index (χ2n) is 8.56. The van der Waals surface area contributed by atoms with Gasteiger partial charge < -0.3 is 11.5 Å². The van der Waals surface area contributed by atoms with Crippen molar-refractivity contribution in [3.05, 3.63) is 11.9 Å². The van der Waals surface area contributed by atoms with Crippen LogP contribution in [0.1, 0.15) is 148 Å². The van der Waals surface area contributed by atoms with E-state index in [0.717, 1.165) is 6.42 Å². The summed E-state index contributed by atoms with van der Waals surface area (Å²) in [5.74, 6) is 0.475. The molecule has 0 aromatic rings. The molecular weight excluding hydrogens is 328 g/mol. The number of rotatable bonds is 22. The van der Waals surface area contributed by atoms with E-state index < -0.39 is 0 Å². The van der Waals surface area contributed by atoms with E-state index >= 15 is 0 Å². The predicted octanol–water partition coefficient (Wildman–Crippen LogP) is 8.35. The van der Waals surface area contributed by atoms with Gasteiger partial charge in [0, 0.05) is 0 Å². The summed E-state index contributed by atoms with van der Waals surface area (Å²) in [5, 5.41) is 0. The van der Waals surface area contributed by atoms with E-state index in [1.54, 1.807) is 0 Å². The molecule has 0 amide bonds. The topological polar surface area (TPSA) is 52.0 Å². The molecular formula is C25H52N2. The number of allylic oxidation sites excluding steroid dienone is 1. The summed E-state index contributed by atoms with van der Waals surface area (Å²) in [6.07, 6.45) is 33.1. The molecule has 0 aliphatic carbocycles. The van der Waals surface area contributed by atoms with Crippen molar-refractivity contribution in [2.45, 2.75) is 148 Å². The highest BCUT2D eigenvalue weighted by Gasteiger charge is 1.95. The molecule has 0 aliphatic heterocycles. The van der Waals surface area contributed by atoms with Crippen LogP contribution < -0.4 is 11.5 Å². The van der Waals surface area contributed by atoms with Gasteiger partial charge in [-0.05, 0) is 18.9 Å². The quantitative estimate of drug-likeness (QED) is 0.185. The van der Waals surface area contributed by atoms with Crippen LogP contribution in [0.2, 0.25) is 0 Å². The van der Waals surface area contributed by atoms with Crippen LogP contribution in [0, 0.1) is 0 Å². The summed E-state index contributed by atoms with van der Waals surface area (Å²) in [7, 11) is 0. The molecule has 0 radical (unpaired) electrons. The van der Waals surface area contributed by atoms with Gasteiger partial charge in [0.25, 0.3) is 0 Å². The lowest BCUT2D eigenvalue weighted by molar-refractivity contribution is 0.520. The molecule has 0 rings (SSSR count). The Morgan fingerprint density at radius 3 is 0.963 bits per heavy atom. The molecule has 0 aromatic heterocycles. The molecule has 0 aromatic carbocycles. The van der Waals surface area contributed by atoms with E-state index in [-0.39, 0.29) is 0 Å². The van der Waals surface area contributed by atoms with Gasteiger partial charge in [-0.1, -0.05) is 135 Å². The van der Waals surface area contributed by atoms with Crippen LogP contribution in [-0.4, -0.2) is 0 Å². The van der Waals surface area contributed by atoms with Crippen molar-refractivity contribution in [1.82, 2.24) is 0 Å². The fourth-order valence-corrected chi connectivity index (χ4v) is 3.85. The minimum Gasteiger partial charge on any atom is -0.386 e. The molecule has 0 spiro atoms. The largest absolute Gasteiger partial charge is 0.386 e.